The Morgan fingerprint density at radius 1 is 1.00 bits per heavy atom. The zero-order chi connectivity index (χ0) is 23.7. The Labute approximate surface area is 188 Å². The zero-order valence-electron chi connectivity index (χ0n) is 18.3. The van der Waals surface area contributed by atoms with Gasteiger partial charge in [0.15, 0.2) is 0 Å². The lowest BCUT2D eigenvalue weighted by molar-refractivity contribution is -0.142. The summed E-state index contributed by atoms with van der Waals surface area (Å²) in [6.07, 6.45) is -0.00382. The first-order valence-corrected chi connectivity index (χ1v) is 11.3. The number of carbonyl (C=O) groups is 3. The van der Waals surface area contributed by atoms with E-state index in [2.05, 4.69) is 10.1 Å². The first-order chi connectivity index (χ1) is 15.1. The Bertz CT molecular complexity index is 1040. The molecule has 2 aromatic carbocycles. The number of nitrogens with one attached hydrogen (secondary N) is 1. The van der Waals surface area contributed by atoms with Crippen LogP contribution in [-0.2, 0) is 35.7 Å². The standard InChI is InChI=1S/C22H27N3O6S/c1-17(26)23-19-9-11-20(12-10-19)32(29,30)24(2)16-21(27)25(14-13-22(28)31-3)15-18-7-5-4-6-8-18/h4-12H,13-16H2,1-3H3,(H,23,26). The molecule has 172 valence electrons. The largest absolute Gasteiger partial charge is 0.469 e. The normalized spacial score (nSPS) is 11.1. The van der Waals surface area contributed by atoms with E-state index >= 15 is 0 Å². The summed E-state index contributed by atoms with van der Waals surface area (Å²) >= 11 is 0. The molecule has 0 saturated heterocycles. The zero-order valence-corrected chi connectivity index (χ0v) is 19.1. The predicted octanol–water partition coefficient (Wildman–Crippen LogP) is 1.86. The van der Waals surface area contributed by atoms with Gasteiger partial charge in [-0.05, 0) is 29.8 Å². The molecule has 0 fully saturated rings. The molecule has 2 amide bonds. The van der Waals surface area contributed by atoms with Gasteiger partial charge < -0.3 is 15.0 Å². The smallest absolute Gasteiger partial charge is 0.307 e. The van der Waals surface area contributed by atoms with E-state index in [1.165, 1.54) is 50.2 Å². The molecule has 0 unspecified atom stereocenters. The lowest BCUT2D eigenvalue weighted by atomic mass is 10.2. The minimum absolute atomic E-state index is 0.00382. The van der Waals surface area contributed by atoms with Gasteiger partial charge in [-0.2, -0.15) is 4.31 Å². The van der Waals surface area contributed by atoms with E-state index in [9.17, 15) is 22.8 Å². The van der Waals surface area contributed by atoms with Crippen molar-refractivity contribution in [2.75, 3.05) is 32.6 Å². The number of methoxy groups -OCH3 is 1. The average molecular weight is 462 g/mol. The molecule has 0 bridgehead atoms. The fraction of sp³-hybridized carbons (Fsp3) is 0.318. The molecule has 0 radical (unpaired) electrons. The number of sulfonamides is 1. The van der Waals surface area contributed by atoms with Crippen LogP contribution in [0.4, 0.5) is 5.69 Å². The van der Waals surface area contributed by atoms with Gasteiger partial charge in [0.1, 0.15) is 0 Å². The Kier molecular flexibility index (Phi) is 8.91. The SMILES string of the molecule is COC(=O)CCN(Cc1ccccc1)C(=O)CN(C)S(=O)(=O)c1ccc(NC(C)=O)cc1. The number of hydrogen-bond acceptors (Lipinski definition) is 6. The second-order valence-corrected chi connectivity index (χ2v) is 9.14. The molecule has 32 heavy (non-hydrogen) atoms. The lowest BCUT2D eigenvalue weighted by Crippen LogP contribution is -2.41. The molecule has 0 aliphatic rings. The second-order valence-electron chi connectivity index (χ2n) is 7.09. The number of amides is 2. The van der Waals surface area contributed by atoms with Crippen LogP contribution in [0.5, 0.6) is 0 Å². The van der Waals surface area contributed by atoms with E-state index in [1.54, 1.807) is 0 Å². The van der Waals surface area contributed by atoms with E-state index in [0.717, 1.165) is 9.87 Å². The third-order valence-corrected chi connectivity index (χ3v) is 6.44. The van der Waals surface area contributed by atoms with Gasteiger partial charge in [0.25, 0.3) is 0 Å². The van der Waals surface area contributed by atoms with Crippen molar-refractivity contribution < 1.29 is 27.5 Å². The molecular weight excluding hydrogens is 434 g/mol. The van der Waals surface area contributed by atoms with E-state index in [-0.39, 0.29) is 30.3 Å². The van der Waals surface area contributed by atoms with E-state index in [0.29, 0.717) is 5.69 Å². The van der Waals surface area contributed by atoms with Gasteiger partial charge >= 0.3 is 5.97 Å². The molecule has 10 heteroatoms. The van der Waals surface area contributed by atoms with E-state index in [1.807, 2.05) is 30.3 Å². The summed E-state index contributed by atoms with van der Waals surface area (Å²) in [5, 5.41) is 2.56. The van der Waals surface area contributed by atoms with Crippen LogP contribution in [0.15, 0.2) is 59.5 Å². The average Bonchev–Trinajstić information content (AvgIpc) is 2.76. The third kappa shape index (κ3) is 7.17. The quantitative estimate of drug-likeness (QED) is 0.541. The maximum Gasteiger partial charge on any atom is 0.307 e. The van der Waals surface area contributed by atoms with E-state index in [4.69, 9.17) is 0 Å². The lowest BCUT2D eigenvalue weighted by Gasteiger charge is -2.25. The minimum atomic E-state index is -3.94. The maximum atomic E-state index is 12.9. The molecule has 9 nitrogen and oxygen atoms in total. The van der Waals surface area contributed by atoms with Crippen LogP contribution in [0, 0.1) is 0 Å². The number of benzene rings is 2. The number of nitrogens with zero attached hydrogens (tertiary/aromatic N) is 2. The first kappa shape index (κ1) is 25.0. The Balaban J connectivity index is 2.13. The topological polar surface area (TPSA) is 113 Å². The van der Waals surface area contributed by atoms with Crippen molar-refractivity contribution in [2.24, 2.45) is 0 Å². The van der Waals surface area contributed by atoms with Gasteiger partial charge in [0.05, 0.1) is 25.0 Å². The summed E-state index contributed by atoms with van der Waals surface area (Å²) < 4.78 is 31.4. The molecule has 1 N–H and O–H groups in total. The number of likely N-dealkylation sites (N-methyl/N-ethyl adjacent to an activating group) is 1. The number of anilines is 1. The number of rotatable bonds is 10. The van der Waals surface area contributed by atoms with Crippen molar-refractivity contribution in [2.45, 2.75) is 24.8 Å². The molecule has 0 spiro atoms. The molecule has 0 aliphatic heterocycles. The van der Waals surface area contributed by atoms with Crippen molar-refractivity contribution in [1.29, 1.82) is 0 Å². The highest BCUT2D eigenvalue weighted by Gasteiger charge is 2.26. The number of carbonyl (C=O) groups excluding carboxylic acids is 3. The van der Waals surface area contributed by atoms with Gasteiger partial charge in [-0.15, -0.1) is 0 Å². The summed E-state index contributed by atoms with van der Waals surface area (Å²) in [6, 6.07) is 14.9. The van der Waals surface area contributed by atoms with Crippen LogP contribution in [0.2, 0.25) is 0 Å². The van der Waals surface area contributed by atoms with Gasteiger partial charge in [-0.3, -0.25) is 14.4 Å². The fourth-order valence-electron chi connectivity index (χ4n) is 2.89. The summed E-state index contributed by atoms with van der Waals surface area (Å²) in [5.74, 6) is -1.18. The molecule has 0 aromatic heterocycles. The highest BCUT2D eigenvalue weighted by atomic mass is 32.2. The predicted molar refractivity (Wildman–Crippen MR) is 119 cm³/mol. The summed E-state index contributed by atoms with van der Waals surface area (Å²) in [5.41, 5.74) is 1.32. The monoisotopic (exact) mass is 461 g/mol. The van der Waals surface area contributed by atoms with Crippen molar-refractivity contribution >= 4 is 33.5 Å². The summed E-state index contributed by atoms with van der Waals surface area (Å²) in [4.78, 5) is 37.0. The number of hydrogen-bond donors (Lipinski definition) is 1. The summed E-state index contributed by atoms with van der Waals surface area (Å²) in [6.45, 7) is 1.28. The Hall–Kier alpha value is -3.24. The Morgan fingerprint density at radius 3 is 2.19 bits per heavy atom. The maximum absolute atomic E-state index is 12.9. The van der Waals surface area contributed by atoms with Crippen LogP contribution < -0.4 is 5.32 Å². The molecule has 0 saturated carbocycles. The van der Waals surface area contributed by atoms with Crippen molar-refractivity contribution in [3.8, 4) is 0 Å². The van der Waals surface area contributed by atoms with Crippen LogP contribution in [0.1, 0.15) is 18.9 Å². The minimum Gasteiger partial charge on any atom is -0.469 e. The van der Waals surface area contributed by atoms with Gasteiger partial charge in [0.2, 0.25) is 21.8 Å². The van der Waals surface area contributed by atoms with Gasteiger partial charge in [-0.25, -0.2) is 8.42 Å². The second kappa shape index (κ2) is 11.4. The number of ether oxygens (including phenoxy) is 1. The molecule has 0 heterocycles. The van der Waals surface area contributed by atoms with Gasteiger partial charge in [-0.1, -0.05) is 30.3 Å². The molecule has 0 aliphatic carbocycles. The fourth-order valence-corrected chi connectivity index (χ4v) is 4.01. The first-order valence-electron chi connectivity index (χ1n) is 9.86. The highest BCUT2D eigenvalue weighted by molar-refractivity contribution is 7.89. The van der Waals surface area contributed by atoms with Crippen LogP contribution in [-0.4, -0.2) is 62.7 Å². The van der Waals surface area contributed by atoms with Gasteiger partial charge in [0, 0.05) is 32.7 Å². The van der Waals surface area contributed by atoms with Crippen LogP contribution in [0.25, 0.3) is 0 Å². The molecule has 0 atom stereocenters. The van der Waals surface area contributed by atoms with Crippen molar-refractivity contribution in [1.82, 2.24) is 9.21 Å². The number of esters is 1. The van der Waals surface area contributed by atoms with Crippen molar-refractivity contribution in [3.63, 3.8) is 0 Å². The molecular formula is C22H27N3O6S. The summed E-state index contributed by atoms with van der Waals surface area (Å²) in [7, 11) is -1.36. The Morgan fingerprint density at radius 2 is 1.62 bits per heavy atom. The van der Waals surface area contributed by atoms with Crippen LogP contribution in [0.3, 0.4) is 0 Å². The third-order valence-electron chi connectivity index (χ3n) is 4.62. The van der Waals surface area contributed by atoms with Crippen molar-refractivity contribution in [3.05, 3.63) is 60.2 Å². The highest BCUT2D eigenvalue weighted by Crippen LogP contribution is 2.18. The molecule has 2 aromatic rings. The van der Waals surface area contributed by atoms with E-state index < -0.39 is 28.4 Å². The van der Waals surface area contributed by atoms with Crippen LogP contribution >= 0.6 is 0 Å². The molecule has 2 rings (SSSR count).